The second kappa shape index (κ2) is 8.48. The van der Waals surface area contributed by atoms with Gasteiger partial charge in [-0.05, 0) is 25.0 Å². The van der Waals surface area contributed by atoms with Crippen LogP contribution in [-0.2, 0) is 9.84 Å². The van der Waals surface area contributed by atoms with Crippen molar-refractivity contribution in [3.63, 3.8) is 0 Å². The number of sulfone groups is 1. The number of rotatable bonds is 9. The van der Waals surface area contributed by atoms with E-state index in [1.807, 2.05) is 0 Å². The molecule has 0 saturated carbocycles. The summed E-state index contributed by atoms with van der Waals surface area (Å²) >= 11 is 6.22. The van der Waals surface area contributed by atoms with Gasteiger partial charge in [0, 0.05) is 10.3 Å². The maximum Gasteiger partial charge on any atom is 0.202 e. The van der Waals surface area contributed by atoms with Crippen LogP contribution in [0.25, 0.3) is 0 Å². The van der Waals surface area contributed by atoms with Crippen LogP contribution in [-0.4, -0.2) is 13.8 Å². The van der Waals surface area contributed by atoms with Gasteiger partial charge in [-0.1, -0.05) is 57.4 Å². The third kappa shape index (κ3) is 5.29. The Morgan fingerprint density at radius 1 is 1.20 bits per heavy atom. The van der Waals surface area contributed by atoms with Crippen molar-refractivity contribution >= 4 is 21.4 Å². The maximum atomic E-state index is 12.3. The standard InChI is InChI=1S/C16H23ClO2S/c1-3-4-5-7-10-15(17)13-14(2)20(18,19)16-11-8-6-9-12-16/h6,8-9,11-12,15H,2-5,7,10,13H2,1H3. The van der Waals surface area contributed by atoms with Crippen molar-refractivity contribution < 1.29 is 8.42 Å². The second-order valence-electron chi connectivity index (χ2n) is 5.01. The molecule has 4 heteroatoms. The third-order valence-electron chi connectivity index (χ3n) is 3.25. The molecule has 1 atom stereocenters. The number of hydrogen-bond donors (Lipinski definition) is 0. The van der Waals surface area contributed by atoms with Crippen LogP contribution in [0.5, 0.6) is 0 Å². The van der Waals surface area contributed by atoms with E-state index in [1.54, 1.807) is 30.3 Å². The molecule has 1 aromatic carbocycles. The lowest BCUT2D eigenvalue weighted by Crippen LogP contribution is -2.09. The van der Waals surface area contributed by atoms with E-state index in [4.69, 9.17) is 11.6 Å². The number of alkyl halides is 1. The van der Waals surface area contributed by atoms with Crippen molar-refractivity contribution in [1.29, 1.82) is 0 Å². The van der Waals surface area contributed by atoms with Gasteiger partial charge in [0.05, 0.1) is 4.90 Å². The highest BCUT2D eigenvalue weighted by atomic mass is 35.5. The number of benzene rings is 1. The van der Waals surface area contributed by atoms with Crippen molar-refractivity contribution in [3.8, 4) is 0 Å². The third-order valence-corrected chi connectivity index (χ3v) is 5.45. The van der Waals surface area contributed by atoms with Crippen LogP contribution in [0, 0.1) is 0 Å². The SMILES string of the molecule is C=C(CC(Cl)CCCCCC)S(=O)(=O)c1ccccc1. The lowest BCUT2D eigenvalue weighted by Gasteiger charge is -2.12. The summed E-state index contributed by atoms with van der Waals surface area (Å²) in [5.41, 5.74) is 0. The molecule has 1 aromatic rings. The molecule has 0 saturated heterocycles. The Hall–Kier alpha value is -0.800. The van der Waals surface area contributed by atoms with Crippen molar-refractivity contribution in [3.05, 3.63) is 41.8 Å². The predicted molar refractivity (Wildman–Crippen MR) is 85.8 cm³/mol. The van der Waals surface area contributed by atoms with Crippen molar-refractivity contribution in [2.24, 2.45) is 0 Å². The average Bonchev–Trinajstić information content (AvgIpc) is 2.44. The number of allylic oxidation sites excluding steroid dienone is 1. The first-order valence-electron chi connectivity index (χ1n) is 7.10. The molecular formula is C16H23ClO2S. The lowest BCUT2D eigenvalue weighted by molar-refractivity contribution is 0.592. The van der Waals surface area contributed by atoms with Crippen LogP contribution in [0.1, 0.15) is 45.4 Å². The summed E-state index contributed by atoms with van der Waals surface area (Å²) in [7, 11) is -3.45. The van der Waals surface area contributed by atoms with E-state index in [9.17, 15) is 8.42 Å². The van der Waals surface area contributed by atoms with E-state index in [0.29, 0.717) is 11.3 Å². The molecule has 0 aliphatic carbocycles. The first-order chi connectivity index (χ1) is 9.48. The molecule has 20 heavy (non-hydrogen) atoms. The average molecular weight is 315 g/mol. The van der Waals surface area contributed by atoms with Gasteiger partial charge in [0.15, 0.2) is 0 Å². The monoisotopic (exact) mass is 314 g/mol. The van der Waals surface area contributed by atoms with Gasteiger partial charge >= 0.3 is 0 Å². The summed E-state index contributed by atoms with van der Waals surface area (Å²) < 4.78 is 24.6. The second-order valence-corrected chi connectivity index (χ2v) is 7.68. The molecule has 2 nitrogen and oxygen atoms in total. The first-order valence-corrected chi connectivity index (χ1v) is 9.02. The van der Waals surface area contributed by atoms with E-state index in [-0.39, 0.29) is 10.3 Å². The topological polar surface area (TPSA) is 34.1 Å². The van der Waals surface area contributed by atoms with E-state index in [2.05, 4.69) is 13.5 Å². The fourth-order valence-electron chi connectivity index (χ4n) is 2.02. The van der Waals surface area contributed by atoms with Crippen LogP contribution in [0.3, 0.4) is 0 Å². The van der Waals surface area contributed by atoms with E-state index in [1.165, 1.54) is 12.8 Å². The highest BCUT2D eigenvalue weighted by Crippen LogP contribution is 2.25. The Labute approximate surface area is 127 Å². The fraction of sp³-hybridized carbons (Fsp3) is 0.500. The molecule has 0 radical (unpaired) electrons. The van der Waals surface area contributed by atoms with Gasteiger partial charge in [0.25, 0.3) is 0 Å². The van der Waals surface area contributed by atoms with Crippen LogP contribution in [0.15, 0.2) is 46.7 Å². The minimum absolute atomic E-state index is 0.155. The Bertz CT molecular complexity index is 509. The molecule has 0 heterocycles. The lowest BCUT2D eigenvalue weighted by atomic mass is 10.1. The van der Waals surface area contributed by atoms with Crippen LogP contribution < -0.4 is 0 Å². The van der Waals surface area contributed by atoms with Crippen molar-refractivity contribution in [1.82, 2.24) is 0 Å². The molecule has 0 N–H and O–H groups in total. The molecule has 0 amide bonds. The van der Waals surface area contributed by atoms with E-state index < -0.39 is 9.84 Å². The van der Waals surface area contributed by atoms with Gasteiger partial charge in [-0.25, -0.2) is 8.42 Å². The molecule has 0 aliphatic rings. The zero-order valence-corrected chi connectivity index (χ0v) is 13.6. The van der Waals surface area contributed by atoms with Crippen LogP contribution in [0.4, 0.5) is 0 Å². The normalized spacial score (nSPS) is 13.1. The largest absolute Gasteiger partial charge is 0.219 e. The molecule has 0 fully saturated rings. The highest BCUT2D eigenvalue weighted by molar-refractivity contribution is 7.95. The molecule has 0 aromatic heterocycles. The van der Waals surface area contributed by atoms with Crippen LogP contribution >= 0.6 is 11.6 Å². The summed E-state index contributed by atoms with van der Waals surface area (Å²) in [4.78, 5) is 0.499. The maximum absolute atomic E-state index is 12.3. The molecule has 112 valence electrons. The molecule has 0 spiro atoms. The van der Waals surface area contributed by atoms with Gasteiger partial charge < -0.3 is 0 Å². The fourth-order valence-corrected chi connectivity index (χ4v) is 3.72. The Morgan fingerprint density at radius 3 is 2.45 bits per heavy atom. The zero-order valence-electron chi connectivity index (χ0n) is 12.0. The van der Waals surface area contributed by atoms with Gasteiger partial charge in [0.2, 0.25) is 9.84 Å². The minimum atomic E-state index is -3.45. The van der Waals surface area contributed by atoms with E-state index >= 15 is 0 Å². The summed E-state index contributed by atoms with van der Waals surface area (Å²) in [5, 5.41) is -0.155. The predicted octanol–water partition coefficient (Wildman–Crippen LogP) is 4.94. The number of unbranched alkanes of at least 4 members (excludes halogenated alkanes) is 3. The number of hydrogen-bond acceptors (Lipinski definition) is 2. The Balaban J connectivity index is 2.54. The Morgan fingerprint density at radius 2 is 1.85 bits per heavy atom. The first kappa shape index (κ1) is 17.3. The summed E-state index contributed by atoms with van der Waals surface area (Å²) in [6.45, 7) is 5.87. The number of halogens is 1. The van der Waals surface area contributed by atoms with Crippen LogP contribution in [0.2, 0.25) is 0 Å². The van der Waals surface area contributed by atoms with Gasteiger partial charge in [-0.2, -0.15) is 0 Å². The van der Waals surface area contributed by atoms with Gasteiger partial charge in [-0.15, -0.1) is 11.6 Å². The molecule has 0 aliphatic heterocycles. The molecule has 0 bridgehead atoms. The Kier molecular flexibility index (Phi) is 7.31. The molecule has 1 rings (SSSR count). The highest BCUT2D eigenvalue weighted by Gasteiger charge is 2.20. The molecule has 1 unspecified atom stereocenters. The summed E-state index contributed by atoms with van der Waals surface area (Å²) in [6.07, 6.45) is 5.74. The van der Waals surface area contributed by atoms with Gasteiger partial charge in [-0.3, -0.25) is 0 Å². The minimum Gasteiger partial charge on any atom is -0.219 e. The molecular weight excluding hydrogens is 292 g/mol. The van der Waals surface area contributed by atoms with Crippen molar-refractivity contribution in [2.45, 2.75) is 55.7 Å². The van der Waals surface area contributed by atoms with Gasteiger partial charge in [0.1, 0.15) is 0 Å². The zero-order chi connectivity index (χ0) is 15.0. The quantitative estimate of drug-likeness (QED) is 0.478. The summed E-state index contributed by atoms with van der Waals surface area (Å²) in [5.74, 6) is 0. The van der Waals surface area contributed by atoms with E-state index in [0.717, 1.165) is 19.3 Å². The smallest absolute Gasteiger partial charge is 0.202 e. The summed E-state index contributed by atoms with van der Waals surface area (Å²) in [6, 6.07) is 8.39. The van der Waals surface area contributed by atoms with Crippen molar-refractivity contribution in [2.75, 3.05) is 0 Å².